The Labute approximate surface area is 187 Å². The van der Waals surface area contributed by atoms with Crippen molar-refractivity contribution in [2.75, 3.05) is 6.26 Å². The SMILES string of the molecule is Cn1cc(-c2cc(S(C)(=O)=O)ccc2Oc2ccc(C(C)(C)C)cc2)c2cc[nH]c(=O)c21. The van der Waals surface area contributed by atoms with Gasteiger partial charge in [0.05, 0.1) is 4.90 Å². The van der Waals surface area contributed by atoms with Gasteiger partial charge in [0.15, 0.2) is 9.84 Å². The number of rotatable bonds is 4. The van der Waals surface area contributed by atoms with E-state index in [9.17, 15) is 13.2 Å². The van der Waals surface area contributed by atoms with Crippen molar-refractivity contribution >= 4 is 20.7 Å². The summed E-state index contributed by atoms with van der Waals surface area (Å²) in [5.74, 6) is 1.15. The molecule has 0 bridgehead atoms. The highest BCUT2D eigenvalue weighted by Gasteiger charge is 2.19. The average Bonchev–Trinajstić information content (AvgIpc) is 3.05. The van der Waals surface area contributed by atoms with Crippen LogP contribution in [-0.2, 0) is 22.3 Å². The predicted molar refractivity (Wildman–Crippen MR) is 127 cm³/mol. The molecule has 0 fully saturated rings. The van der Waals surface area contributed by atoms with Crippen molar-refractivity contribution in [3.05, 3.63) is 76.8 Å². The van der Waals surface area contributed by atoms with Crippen molar-refractivity contribution in [2.45, 2.75) is 31.1 Å². The van der Waals surface area contributed by atoms with Gasteiger partial charge in [-0.25, -0.2) is 8.42 Å². The van der Waals surface area contributed by atoms with Gasteiger partial charge in [0, 0.05) is 42.2 Å². The van der Waals surface area contributed by atoms with Crippen LogP contribution in [0.3, 0.4) is 0 Å². The quantitative estimate of drug-likeness (QED) is 0.473. The van der Waals surface area contributed by atoms with Crippen LogP contribution in [0.4, 0.5) is 0 Å². The number of H-pyrrole nitrogens is 1. The van der Waals surface area contributed by atoms with E-state index >= 15 is 0 Å². The summed E-state index contributed by atoms with van der Waals surface area (Å²) in [4.78, 5) is 15.2. The molecule has 0 aliphatic rings. The lowest BCUT2D eigenvalue weighted by atomic mass is 9.87. The van der Waals surface area contributed by atoms with Crippen LogP contribution in [-0.4, -0.2) is 24.2 Å². The number of nitrogens with zero attached hydrogens (tertiary/aromatic N) is 1. The lowest BCUT2D eigenvalue weighted by molar-refractivity contribution is 0.482. The van der Waals surface area contributed by atoms with E-state index in [2.05, 4.69) is 25.8 Å². The first kappa shape index (κ1) is 21.9. The highest BCUT2D eigenvalue weighted by atomic mass is 32.2. The molecule has 4 rings (SSSR count). The Morgan fingerprint density at radius 2 is 1.66 bits per heavy atom. The minimum Gasteiger partial charge on any atom is -0.457 e. The van der Waals surface area contributed by atoms with Crippen molar-refractivity contribution < 1.29 is 13.2 Å². The monoisotopic (exact) mass is 450 g/mol. The normalized spacial score (nSPS) is 12.3. The number of aromatic nitrogens is 2. The van der Waals surface area contributed by atoms with E-state index in [1.54, 1.807) is 36.0 Å². The molecule has 0 aliphatic heterocycles. The average molecular weight is 451 g/mol. The van der Waals surface area contributed by atoms with Crippen LogP contribution in [0.15, 0.2) is 70.6 Å². The number of hydrogen-bond acceptors (Lipinski definition) is 4. The molecule has 0 saturated carbocycles. The fraction of sp³-hybridized carbons (Fsp3) is 0.240. The van der Waals surface area contributed by atoms with Crippen molar-refractivity contribution in [1.82, 2.24) is 9.55 Å². The summed E-state index contributed by atoms with van der Waals surface area (Å²) in [6.45, 7) is 6.44. The van der Waals surface area contributed by atoms with Gasteiger partial charge >= 0.3 is 0 Å². The molecular formula is C25H26N2O4S. The molecule has 32 heavy (non-hydrogen) atoms. The molecule has 0 aliphatic carbocycles. The lowest BCUT2D eigenvalue weighted by Crippen LogP contribution is -2.10. The van der Waals surface area contributed by atoms with Gasteiger partial charge in [-0.2, -0.15) is 0 Å². The van der Waals surface area contributed by atoms with E-state index in [0.29, 0.717) is 22.6 Å². The standard InChI is InChI=1S/C25H26N2O4S/c1-25(2,3)16-6-8-17(9-7-16)31-22-11-10-18(32(5,29)30)14-20(22)21-15-27(4)23-19(21)12-13-26-24(23)28/h6-15H,1-5H3,(H,26,28). The van der Waals surface area contributed by atoms with E-state index in [0.717, 1.165) is 10.9 Å². The van der Waals surface area contributed by atoms with Gasteiger partial charge in [0.2, 0.25) is 0 Å². The zero-order chi connectivity index (χ0) is 23.3. The molecule has 0 saturated heterocycles. The van der Waals surface area contributed by atoms with Crippen LogP contribution in [0.1, 0.15) is 26.3 Å². The Kier molecular flexibility index (Phi) is 5.25. The predicted octanol–water partition coefficient (Wildman–Crippen LogP) is 5.03. The molecule has 0 spiro atoms. The second-order valence-corrected chi connectivity index (χ2v) is 11.0. The molecule has 2 heterocycles. The lowest BCUT2D eigenvalue weighted by Gasteiger charge is -2.19. The maximum absolute atomic E-state index is 12.4. The van der Waals surface area contributed by atoms with E-state index in [-0.39, 0.29) is 15.9 Å². The van der Waals surface area contributed by atoms with E-state index in [1.807, 2.05) is 30.5 Å². The van der Waals surface area contributed by atoms with Crippen LogP contribution in [0, 0.1) is 0 Å². The van der Waals surface area contributed by atoms with E-state index in [1.165, 1.54) is 17.9 Å². The molecular weight excluding hydrogens is 424 g/mol. The van der Waals surface area contributed by atoms with Crippen molar-refractivity contribution in [3.63, 3.8) is 0 Å². The highest BCUT2D eigenvalue weighted by molar-refractivity contribution is 7.90. The second kappa shape index (κ2) is 7.67. The zero-order valence-corrected chi connectivity index (χ0v) is 19.6. The molecule has 166 valence electrons. The number of pyridine rings is 1. The van der Waals surface area contributed by atoms with Gasteiger partial charge in [-0.05, 0) is 47.4 Å². The van der Waals surface area contributed by atoms with Crippen molar-refractivity contribution in [3.8, 4) is 22.6 Å². The van der Waals surface area contributed by atoms with Crippen LogP contribution < -0.4 is 10.3 Å². The van der Waals surface area contributed by atoms with Crippen molar-refractivity contribution in [2.24, 2.45) is 7.05 Å². The molecule has 7 heteroatoms. The summed E-state index contributed by atoms with van der Waals surface area (Å²) in [5, 5.41) is 0.717. The van der Waals surface area contributed by atoms with E-state index in [4.69, 9.17) is 4.74 Å². The van der Waals surface area contributed by atoms with Gasteiger partial charge in [-0.1, -0.05) is 32.9 Å². The number of aryl methyl sites for hydroxylation is 1. The molecule has 2 aromatic carbocycles. The summed E-state index contributed by atoms with van der Waals surface area (Å²) in [6, 6.07) is 14.5. The van der Waals surface area contributed by atoms with Gasteiger partial charge in [-0.3, -0.25) is 4.79 Å². The molecule has 0 atom stereocenters. The van der Waals surface area contributed by atoms with E-state index < -0.39 is 9.84 Å². The topological polar surface area (TPSA) is 81.2 Å². The third kappa shape index (κ3) is 4.08. The molecule has 6 nitrogen and oxygen atoms in total. The number of benzene rings is 2. The largest absolute Gasteiger partial charge is 0.457 e. The molecule has 1 N–H and O–H groups in total. The van der Waals surface area contributed by atoms with Gasteiger partial charge in [0.1, 0.15) is 17.0 Å². The molecule has 0 unspecified atom stereocenters. The smallest absolute Gasteiger partial charge is 0.272 e. The fourth-order valence-electron chi connectivity index (χ4n) is 3.77. The molecule has 4 aromatic rings. The highest BCUT2D eigenvalue weighted by Crippen LogP contribution is 2.39. The number of fused-ring (bicyclic) bond motifs is 1. The molecule has 0 radical (unpaired) electrons. The number of hydrogen-bond donors (Lipinski definition) is 1. The Morgan fingerprint density at radius 3 is 2.28 bits per heavy atom. The minimum absolute atomic E-state index is 0.0246. The summed E-state index contributed by atoms with van der Waals surface area (Å²) in [5.41, 5.74) is 2.83. The van der Waals surface area contributed by atoms with Crippen molar-refractivity contribution in [1.29, 1.82) is 0 Å². The van der Waals surface area contributed by atoms with Crippen LogP contribution in [0.2, 0.25) is 0 Å². The summed E-state index contributed by atoms with van der Waals surface area (Å²) < 4.78 is 32.4. The first-order valence-electron chi connectivity index (χ1n) is 10.2. The maximum Gasteiger partial charge on any atom is 0.272 e. The summed E-state index contributed by atoms with van der Waals surface area (Å²) in [6.07, 6.45) is 4.57. The van der Waals surface area contributed by atoms with Crippen LogP contribution in [0.25, 0.3) is 22.0 Å². The number of aromatic amines is 1. The first-order valence-corrected chi connectivity index (χ1v) is 12.1. The molecule has 0 amide bonds. The molecule has 2 aromatic heterocycles. The fourth-order valence-corrected chi connectivity index (χ4v) is 4.42. The van der Waals surface area contributed by atoms with Gasteiger partial charge in [0.25, 0.3) is 5.56 Å². The third-order valence-corrected chi connectivity index (χ3v) is 6.63. The maximum atomic E-state index is 12.4. The van der Waals surface area contributed by atoms with Gasteiger partial charge < -0.3 is 14.3 Å². The Balaban J connectivity index is 1.88. The second-order valence-electron chi connectivity index (χ2n) is 9.03. The number of nitrogens with one attached hydrogen (secondary N) is 1. The van der Waals surface area contributed by atoms with Gasteiger partial charge in [-0.15, -0.1) is 0 Å². The first-order chi connectivity index (χ1) is 14.9. The van der Waals surface area contributed by atoms with Crippen LogP contribution >= 0.6 is 0 Å². The summed E-state index contributed by atoms with van der Waals surface area (Å²) >= 11 is 0. The van der Waals surface area contributed by atoms with Crippen LogP contribution in [0.5, 0.6) is 11.5 Å². The Bertz CT molecular complexity index is 1470. The summed E-state index contributed by atoms with van der Waals surface area (Å²) in [7, 11) is -1.64. The zero-order valence-electron chi connectivity index (χ0n) is 18.8. The Hall–Kier alpha value is -3.32. The Morgan fingerprint density at radius 1 is 0.969 bits per heavy atom. The minimum atomic E-state index is -3.43. The number of ether oxygens (including phenoxy) is 1. The number of sulfone groups is 1. The third-order valence-electron chi connectivity index (χ3n) is 5.52.